The van der Waals surface area contributed by atoms with Crippen LogP contribution in [0.2, 0.25) is 0 Å². The molecule has 4 heteroatoms. The largest absolute Gasteiger partial charge is 0.372 e. The maximum absolute atomic E-state index is 12.8. The van der Waals surface area contributed by atoms with Crippen molar-refractivity contribution in [3.8, 4) is 0 Å². The molecule has 152 valence electrons. The molecule has 28 heavy (non-hydrogen) atoms. The number of hydrogen-bond donors (Lipinski definition) is 0. The normalized spacial score (nSPS) is 10.7. The lowest BCUT2D eigenvalue weighted by Crippen LogP contribution is -2.25. The van der Waals surface area contributed by atoms with Gasteiger partial charge in [-0.15, -0.1) is 11.6 Å². The Bertz CT molecular complexity index is 700. The summed E-state index contributed by atoms with van der Waals surface area (Å²) in [5, 5.41) is 0. The van der Waals surface area contributed by atoms with Crippen LogP contribution in [0.3, 0.4) is 0 Å². The van der Waals surface area contributed by atoms with E-state index in [1.54, 1.807) is 0 Å². The summed E-state index contributed by atoms with van der Waals surface area (Å²) in [5.74, 6) is 0.737. The van der Waals surface area contributed by atoms with Crippen molar-refractivity contribution in [3.63, 3.8) is 0 Å². The first kappa shape index (κ1) is 22.3. The van der Waals surface area contributed by atoms with Crippen molar-refractivity contribution >= 4 is 28.8 Å². The third kappa shape index (κ3) is 6.00. The van der Waals surface area contributed by atoms with Crippen LogP contribution in [0.4, 0.5) is 11.4 Å². The highest BCUT2D eigenvalue weighted by Crippen LogP contribution is 2.20. The highest BCUT2D eigenvalue weighted by molar-refractivity contribution is 6.17. The molecule has 0 spiro atoms. The van der Waals surface area contributed by atoms with Gasteiger partial charge in [0.1, 0.15) is 0 Å². The molecule has 3 nitrogen and oxygen atoms in total. The van der Waals surface area contributed by atoms with E-state index in [-0.39, 0.29) is 5.78 Å². The quantitative estimate of drug-likeness (QED) is 0.322. The number of halogens is 1. The second-order valence-corrected chi connectivity index (χ2v) is 7.36. The maximum Gasteiger partial charge on any atom is 0.193 e. The molecule has 0 amide bonds. The van der Waals surface area contributed by atoms with Gasteiger partial charge in [0.15, 0.2) is 5.78 Å². The summed E-state index contributed by atoms with van der Waals surface area (Å²) in [5.41, 5.74) is 3.77. The second-order valence-electron chi connectivity index (χ2n) is 6.98. The van der Waals surface area contributed by atoms with E-state index in [1.165, 1.54) is 0 Å². The van der Waals surface area contributed by atoms with Crippen molar-refractivity contribution in [3.05, 3.63) is 59.7 Å². The molecule has 2 aromatic rings. The average molecular weight is 401 g/mol. The van der Waals surface area contributed by atoms with E-state index < -0.39 is 0 Å². The van der Waals surface area contributed by atoms with Crippen LogP contribution < -0.4 is 9.80 Å². The van der Waals surface area contributed by atoms with E-state index in [4.69, 9.17) is 11.6 Å². The maximum atomic E-state index is 12.8. The van der Waals surface area contributed by atoms with Crippen LogP contribution in [0, 0.1) is 0 Å². The van der Waals surface area contributed by atoms with Crippen LogP contribution >= 0.6 is 11.6 Å². The highest BCUT2D eigenvalue weighted by Gasteiger charge is 2.12. The fourth-order valence-corrected chi connectivity index (χ4v) is 3.49. The van der Waals surface area contributed by atoms with Crippen molar-refractivity contribution in [2.24, 2.45) is 0 Å². The lowest BCUT2D eigenvalue weighted by Gasteiger charge is -2.24. The van der Waals surface area contributed by atoms with Crippen LogP contribution in [0.15, 0.2) is 48.5 Å². The molecule has 0 aromatic heterocycles. The summed E-state index contributed by atoms with van der Waals surface area (Å²) >= 11 is 5.88. The molecule has 0 unspecified atom stereocenters. The first-order valence-electron chi connectivity index (χ1n) is 10.4. The van der Waals surface area contributed by atoms with Gasteiger partial charge in [-0.3, -0.25) is 4.79 Å². The third-order valence-corrected chi connectivity index (χ3v) is 5.36. The molecule has 0 radical (unpaired) electrons. The topological polar surface area (TPSA) is 23.6 Å². The number of carbonyl (C=O) groups is 1. The SMILES string of the molecule is CCCCN(CCCCl)c1ccc(C(=O)c2ccc(N(CC)CC)cc2)cc1. The number of alkyl halides is 1. The predicted octanol–water partition coefficient (Wildman–Crippen LogP) is 6.00. The van der Waals surface area contributed by atoms with Gasteiger partial charge in [0.25, 0.3) is 0 Å². The summed E-state index contributed by atoms with van der Waals surface area (Å²) in [4.78, 5) is 17.5. The van der Waals surface area contributed by atoms with E-state index in [2.05, 4.69) is 42.7 Å². The zero-order chi connectivity index (χ0) is 20.4. The number of anilines is 2. The van der Waals surface area contributed by atoms with Gasteiger partial charge in [0, 0.05) is 54.6 Å². The van der Waals surface area contributed by atoms with Crippen molar-refractivity contribution in [2.75, 3.05) is 41.9 Å². The Labute approximate surface area is 175 Å². The Hall–Kier alpha value is -2.00. The Balaban J connectivity index is 2.11. The highest BCUT2D eigenvalue weighted by atomic mass is 35.5. The van der Waals surface area contributed by atoms with Gasteiger partial charge in [0.05, 0.1) is 0 Å². The zero-order valence-corrected chi connectivity index (χ0v) is 18.2. The molecule has 2 aromatic carbocycles. The first-order chi connectivity index (χ1) is 13.6. The fraction of sp³-hybridized carbons (Fsp3) is 0.458. The Morgan fingerprint density at radius 1 is 0.750 bits per heavy atom. The standard InChI is InChI=1S/C24H33ClN2O/c1-4-7-18-27(19-8-17-25)23-15-11-21(12-16-23)24(28)20-9-13-22(14-10-20)26(5-2)6-3/h9-16H,4-8,17-19H2,1-3H3. The molecule has 0 bridgehead atoms. The first-order valence-corrected chi connectivity index (χ1v) is 11.0. The van der Waals surface area contributed by atoms with Crippen molar-refractivity contribution in [2.45, 2.75) is 40.0 Å². The van der Waals surface area contributed by atoms with Crippen LogP contribution in [0.5, 0.6) is 0 Å². The van der Waals surface area contributed by atoms with Gasteiger partial charge in [-0.1, -0.05) is 13.3 Å². The Kier molecular flexibility index (Phi) is 9.36. The molecule has 2 rings (SSSR count). The molecular weight excluding hydrogens is 368 g/mol. The van der Waals surface area contributed by atoms with Gasteiger partial charge in [-0.05, 0) is 75.2 Å². The summed E-state index contributed by atoms with van der Waals surface area (Å²) in [6.07, 6.45) is 3.28. The molecule has 0 aliphatic carbocycles. The smallest absolute Gasteiger partial charge is 0.193 e. The molecule has 0 fully saturated rings. The summed E-state index contributed by atoms with van der Waals surface area (Å²) in [6, 6.07) is 15.9. The molecule has 0 heterocycles. The van der Waals surface area contributed by atoms with E-state index >= 15 is 0 Å². The van der Waals surface area contributed by atoms with Gasteiger partial charge in [0.2, 0.25) is 0 Å². The number of hydrogen-bond acceptors (Lipinski definition) is 3. The van der Waals surface area contributed by atoms with Gasteiger partial charge >= 0.3 is 0 Å². The summed E-state index contributed by atoms with van der Waals surface area (Å²) in [7, 11) is 0. The summed E-state index contributed by atoms with van der Waals surface area (Å²) < 4.78 is 0. The fourth-order valence-electron chi connectivity index (χ4n) is 3.37. The zero-order valence-electron chi connectivity index (χ0n) is 17.5. The lowest BCUT2D eigenvalue weighted by atomic mass is 10.0. The van der Waals surface area contributed by atoms with Crippen LogP contribution in [-0.2, 0) is 0 Å². The molecule has 0 saturated carbocycles. The minimum Gasteiger partial charge on any atom is -0.372 e. The van der Waals surface area contributed by atoms with Crippen LogP contribution in [0.1, 0.15) is 56.0 Å². The molecule has 0 aliphatic heterocycles. The number of benzene rings is 2. The van der Waals surface area contributed by atoms with Crippen molar-refractivity contribution in [1.29, 1.82) is 0 Å². The van der Waals surface area contributed by atoms with E-state index in [1.807, 2.05) is 36.4 Å². The Morgan fingerprint density at radius 3 is 1.64 bits per heavy atom. The molecule has 0 saturated heterocycles. The molecular formula is C24H33ClN2O. The minimum atomic E-state index is 0.0681. The van der Waals surface area contributed by atoms with E-state index in [0.717, 1.165) is 67.9 Å². The third-order valence-electron chi connectivity index (χ3n) is 5.10. The number of carbonyl (C=O) groups excluding carboxylic acids is 1. The van der Waals surface area contributed by atoms with Crippen LogP contribution in [0.25, 0.3) is 0 Å². The van der Waals surface area contributed by atoms with Crippen molar-refractivity contribution in [1.82, 2.24) is 0 Å². The molecule has 0 N–H and O–H groups in total. The summed E-state index contributed by atoms with van der Waals surface area (Å²) in [6.45, 7) is 10.4. The van der Waals surface area contributed by atoms with E-state index in [9.17, 15) is 4.79 Å². The molecule has 0 atom stereocenters. The van der Waals surface area contributed by atoms with E-state index in [0.29, 0.717) is 5.88 Å². The number of unbranched alkanes of at least 4 members (excludes halogenated alkanes) is 1. The monoisotopic (exact) mass is 400 g/mol. The predicted molar refractivity (Wildman–Crippen MR) is 122 cm³/mol. The second kappa shape index (κ2) is 11.8. The van der Waals surface area contributed by atoms with Crippen molar-refractivity contribution < 1.29 is 4.79 Å². The number of ketones is 1. The van der Waals surface area contributed by atoms with Gasteiger partial charge in [-0.25, -0.2) is 0 Å². The molecule has 0 aliphatic rings. The Morgan fingerprint density at radius 2 is 1.21 bits per heavy atom. The lowest BCUT2D eigenvalue weighted by molar-refractivity contribution is 0.103. The van der Waals surface area contributed by atoms with Gasteiger partial charge in [-0.2, -0.15) is 0 Å². The number of rotatable bonds is 12. The van der Waals surface area contributed by atoms with Gasteiger partial charge < -0.3 is 9.80 Å². The van der Waals surface area contributed by atoms with Crippen LogP contribution in [-0.4, -0.2) is 37.8 Å². The minimum absolute atomic E-state index is 0.0681. The average Bonchev–Trinajstić information content (AvgIpc) is 2.75. The number of nitrogens with zero attached hydrogens (tertiary/aromatic N) is 2.